The van der Waals surface area contributed by atoms with Gasteiger partial charge in [-0.15, -0.1) is 0 Å². The number of nitrogens with one attached hydrogen (secondary N) is 1. The van der Waals surface area contributed by atoms with Crippen molar-refractivity contribution in [2.75, 3.05) is 39.3 Å². The third-order valence-corrected chi connectivity index (χ3v) is 4.44. The van der Waals surface area contributed by atoms with Crippen LogP contribution in [-0.2, 0) is 0 Å². The molecule has 4 nitrogen and oxygen atoms in total. The van der Waals surface area contributed by atoms with E-state index in [0.717, 1.165) is 38.6 Å². The SMILES string of the molecule is CCCNC(C)(C#N)CN1CCCN2CCCC2C1. The maximum atomic E-state index is 9.45. The maximum Gasteiger partial charge on any atom is 0.116 e. The molecular formula is C15H28N4. The molecule has 1 N–H and O–H groups in total. The van der Waals surface area contributed by atoms with Crippen LogP contribution in [0.2, 0.25) is 0 Å². The van der Waals surface area contributed by atoms with Crippen LogP contribution in [0.5, 0.6) is 0 Å². The summed E-state index contributed by atoms with van der Waals surface area (Å²) in [4.78, 5) is 5.14. The van der Waals surface area contributed by atoms with Gasteiger partial charge in [0.2, 0.25) is 0 Å². The van der Waals surface area contributed by atoms with Gasteiger partial charge >= 0.3 is 0 Å². The van der Waals surface area contributed by atoms with Crippen molar-refractivity contribution >= 4 is 0 Å². The molecule has 0 saturated carbocycles. The van der Waals surface area contributed by atoms with Gasteiger partial charge < -0.3 is 0 Å². The first kappa shape index (κ1) is 14.8. The predicted molar refractivity (Wildman–Crippen MR) is 78.0 cm³/mol. The first-order valence-corrected chi connectivity index (χ1v) is 7.79. The summed E-state index contributed by atoms with van der Waals surface area (Å²) in [6.07, 6.45) is 5.00. The highest BCUT2D eigenvalue weighted by atomic mass is 15.3. The van der Waals surface area contributed by atoms with Gasteiger partial charge in [0.05, 0.1) is 6.07 Å². The monoisotopic (exact) mass is 264 g/mol. The van der Waals surface area contributed by atoms with Crippen LogP contribution in [0.15, 0.2) is 0 Å². The van der Waals surface area contributed by atoms with Gasteiger partial charge in [0.25, 0.3) is 0 Å². The Balaban J connectivity index is 1.91. The number of nitrogens with zero attached hydrogens (tertiary/aromatic N) is 3. The minimum atomic E-state index is -0.399. The highest BCUT2D eigenvalue weighted by Gasteiger charge is 2.32. The number of hydrogen-bond donors (Lipinski definition) is 1. The average Bonchev–Trinajstić information content (AvgIpc) is 2.76. The molecule has 0 aromatic heterocycles. The molecule has 2 atom stereocenters. The van der Waals surface area contributed by atoms with Crippen molar-refractivity contribution in [3.05, 3.63) is 0 Å². The standard InChI is InChI=1S/C15H28N4/c1-3-7-17-15(2,12-16)13-18-8-5-10-19-9-4-6-14(19)11-18/h14,17H,3-11,13H2,1-2H3. The molecule has 108 valence electrons. The van der Waals surface area contributed by atoms with E-state index in [1.807, 2.05) is 6.92 Å². The van der Waals surface area contributed by atoms with E-state index in [9.17, 15) is 5.26 Å². The summed E-state index contributed by atoms with van der Waals surface area (Å²) in [7, 11) is 0. The van der Waals surface area contributed by atoms with Crippen molar-refractivity contribution in [1.82, 2.24) is 15.1 Å². The van der Waals surface area contributed by atoms with Gasteiger partial charge in [-0.3, -0.25) is 15.1 Å². The molecule has 2 aliphatic heterocycles. The van der Waals surface area contributed by atoms with Crippen LogP contribution in [0.3, 0.4) is 0 Å². The second-order valence-electron chi connectivity index (χ2n) is 6.29. The summed E-state index contributed by atoms with van der Waals surface area (Å²) < 4.78 is 0. The van der Waals surface area contributed by atoms with Crippen molar-refractivity contribution in [3.8, 4) is 6.07 Å². The molecular weight excluding hydrogens is 236 g/mol. The van der Waals surface area contributed by atoms with Gasteiger partial charge in [0.1, 0.15) is 5.54 Å². The quantitative estimate of drug-likeness (QED) is 0.816. The van der Waals surface area contributed by atoms with Crippen molar-refractivity contribution in [1.29, 1.82) is 5.26 Å². The Morgan fingerprint density at radius 2 is 2.11 bits per heavy atom. The van der Waals surface area contributed by atoms with Crippen molar-refractivity contribution in [2.24, 2.45) is 0 Å². The highest BCUT2D eigenvalue weighted by molar-refractivity contribution is 5.06. The Bertz CT molecular complexity index is 325. The van der Waals surface area contributed by atoms with E-state index < -0.39 is 5.54 Å². The number of nitriles is 1. The molecule has 2 rings (SSSR count). The molecule has 0 amide bonds. The lowest BCUT2D eigenvalue weighted by Gasteiger charge is -2.32. The first-order valence-electron chi connectivity index (χ1n) is 7.79. The van der Waals surface area contributed by atoms with Crippen molar-refractivity contribution < 1.29 is 0 Å². The Kier molecular flexibility index (Phi) is 5.20. The van der Waals surface area contributed by atoms with Crippen LogP contribution in [0, 0.1) is 11.3 Å². The molecule has 2 unspecified atom stereocenters. The van der Waals surface area contributed by atoms with Gasteiger partial charge in [0.15, 0.2) is 0 Å². The molecule has 0 radical (unpaired) electrons. The molecule has 2 heterocycles. The third kappa shape index (κ3) is 3.92. The fourth-order valence-corrected chi connectivity index (χ4v) is 3.41. The van der Waals surface area contributed by atoms with Crippen LogP contribution < -0.4 is 5.32 Å². The topological polar surface area (TPSA) is 42.3 Å². The first-order chi connectivity index (χ1) is 9.17. The second kappa shape index (κ2) is 6.69. The average molecular weight is 264 g/mol. The number of fused-ring (bicyclic) bond motifs is 1. The van der Waals surface area contributed by atoms with Gasteiger partial charge in [-0.05, 0) is 58.8 Å². The van der Waals surface area contributed by atoms with Crippen LogP contribution in [0.1, 0.15) is 39.5 Å². The van der Waals surface area contributed by atoms with Crippen molar-refractivity contribution in [3.63, 3.8) is 0 Å². The van der Waals surface area contributed by atoms with E-state index >= 15 is 0 Å². The van der Waals surface area contributed by atoms with Gasteiger partial charge in [-0.2, -0.15) is 5.26 Å². The molecule has 0 aliphatic carbocycles. The molecule has 2 aliphatic rings. The van der Waals surface area contributed by atoms with E-state index in [1.54, 1.807) is 0 Å². The summed E-state index contributed by atoms with van der Waals surface area (Å²) in [6, 6.07) is 3.21. The Morgan fingerprint density at radius 1 is 1.32 bits per heavy atom. The zero-order chi connectivity index (χ0) is 13.7. The van der Waals surface area contributed by atoms with Crippen LogP contribution in [-0.4, -0.2) is 60.6 Å². The summed E-state index contributed by atoms with van der Waals surface area (Å²) in [5.74, 6) is 0. The van der Waals surface area contributed by atoms with Crippen LogP contribution in [0.4, 0.5) is 0 Å². The molecule has 0 aromatic rings. The zero-order valence-electron chi connectivity index (χ0n) is 12.5. The number of rotatable bonds is 5. The van der Waals surface area contributed by atoms with Crippen LogP contribution >= 0.6 is 0 Å². The van der Waals surface area contributed by atoms with E-state index in [-0.39, 0.29) is 0 Å². The fraction of sp³-hybridized carbons (Fsp3) is 0.933. The summed E-state index contributed by atoms with van der Waals surface area (Å²) in [5.41, 5.74) is -0.399. The normalized spacial score (nSPS) is 28.4. The molecule has 0 spiro atoms. The highest BCUT2D eigenvalue weighted by Crippen LogP contribution is 2.22. The minimum Gasteiger partial charge on any atom is -0.299 e. The van der Waals surface area contributed by atoms with Gasteiger partial charge in [-0.1, -0.05) is 6.92 Å². The Morgan fingerprint density at radius 3 is 2.84 bits per heavy atom. The number of hydrogen-bond acceptors (Lipinski definition) is 4. The van der Waals surface area contributed by atoms with E-state index in [2.05, 4.69) is 28.1 Å². The second-order valence-corrected chi connectivity index (χ2v) is 6.29. The molecule has 19 heavy (non-hydrogen) atoms. The Hall–Kier alpha value is -0.630. The van der Waals surface area contributed by atoms with E-state index in [1.165, 1.54) is 32.4 Å². The van der Waals surface area contributed by atoms with Crippen molar-refractivity contribution in [2.45, 2.75) is 51.1 Å². The fourth-order valence-electron chi connectivity index (χ4n) is 3.41. The lowest BCUT2D eigenvalue weighted by molar-refractivity contribution is 0.192. The van der Waals surface area contributed by atoms with E-state index in [0.29, 0.717) is 0 Å². The summed E-state index contributed by atoms with van der Waals surface area (Å²) in [6.45, 7) is 10.8. The molecule has 2 fully saturated rings. The largest absolute Gasteiger partial charge is 0.299 e. The van der Waals surface area contributed by atoms with Gasteiger partial charge in [-0.25, -0.2) is 0 Å². The van der Waals surface area contributed by atoms with Gasteiger partial charge in [0, 0.05) is 19.1 Å². The van der Waals surface area contributed by atoms with E-state index in [4.69, 9.17) is 0 Å². The summed E-state index contributed by atoms with van der Waals surface area (Å²) in [5, 5.41) is 12.9. The smallest absolute Gasteiger partial charge is 0.116 e. The molecule has 0 bridgehead atoms. The zero-order valence-corrected chi connectivity index (χ0v) is 12.5. The third-order valence-electron chi connectivity index (χ3n) is 4.44. The Labute approximate surface area is 117 Å². The molecule has 2 saturated heterocycles. The summed E-state index contributed by atoms with van der Waals surface area (Å²) >= 11 is 0. The van der Waals surface area contributed by atoms with Crippen LogP contribution in [0.25, 0.3) is 0 Å². The molecule has 4 heteroatoms. The lowest BCUT2D eigenvalue weighted by atomic mass is 10.0. The maximum absolute atomic E-state index is 9.45. The predicted octanol–water partition coefficient (Wildman–Crippen LogP) is 1.44. The minimum absolute atomic E-state index is 0.399. The lowest BCUT2D eigenvalue weighted by Crippen LogP contribution is -2.52. The molecule has 0 aromatic carbocycles.